The van der Waals surface area contributed by atoms with Crippen LogP contribution in [-0.2, 0) is 4.79 Å². The number of carbonyl (C=O) groups excluding carboxylic acids is 1. The highest BCUT2D eigenvalue weighted by Crippen LogP contribution is 2.32. The molecule has 0 bridgehead atoms. The number of benzene rings is 2. The van der Waals surface area contributed by atoms with Gasteiger partial charge in [0.2, 0.25) is 5.91 Å². The summed E-state index contributed by atoms with van der Waals surface area (Å²) in [6.07, 6.45) is 0.402. The molecule has 0 unspecified atom stereocenters. The highest BCUT2D eigenvalue weighted by Gasteiger charge is 2.08. The van der Waals surface area contributed by atoms with Gasteiger partial charge in [-0.05, 0) is 61.2 Å². The fourth-order valence-corrected chi connectivity index (χ4v) is 4.80. The lowest BCUT2D eigenvalue weighted by atomic mass is 10.3. The lowest BCUT2D eigenvalue weighted by molar-refractivity contribution is -0.115. The van der Waals surface area contributed by atoms with Gasteiger partial charge < -0.3 is 10.1 Å². The molecule has 1 heterocycles. The van der Waals surface area contributed by atoms with Gasteiger partial charge in [0.25, 0.3) is 0 Å². The average molecular weight is 416 g/mol. The zero-order valence-electron chi connectivity index (χ0n) is 14.6. The van der Waals surface area contributed by atoms with Crippen molar-refractivity contribution in [3.05, 3.63) is 42.5 Å². The number of carbonyl (C=O) groups is 1. The zero-order valence-corrected chi connectivity index (χ0v) is 17.0. The van der Waals surface area contributed by atoms with Crippen molar-refractivity contribution in [3.8, 4) is 11.2 Å². The Kier molecular flexibility index (Phi) is 6.98. The molecule has 0 spiro atoms. The van der Waals surface area contributed by atoms with Crippen LogP contribution in [0.15, 0.2) is 51.7 Å². The Balaban J connectivity index is 1.49. The van der Waals surface area contributed by atoms with Crippen LogP contribution in [0, 0.1) is 10.7 Å². The van der Waals surface area contributed by atoms with Crippen LogP contribution in [0.2, 0.25) is 0 Å². The van der Waals surface area contributed by atoms with Crippen LogP contribution in [-0.4, -0.2) is 23.3 Å². The number of thioether (sulfide) groups is 2. The second kappa shape index (κ2) is 9.65. The molecule has 1 aromatic heterocycles. The van der Waals surface area contributed by atoms with Crippen molar-refractivity contribution < 1.29 is 9.53 Å². The molecule has 0 aliphatic heterocycles. The van der Waals surface area contributed by atoms with E-state index in [4.69, 9.17) is 10.00 Å². The van der Waals surface area contributed by atoms with Crippen LogP contribution in [0.3, 0.4) is 0 Å². The maximum absolute atomic E-state index is 12.1. The van der Waals surface area contributed by atoms with Gasteiger partial charge in [-0.2, -0.15) is 5.26 Å². The fourth-order valence-electron chi connectivity index (χ4n) is 2.32. The van der Waals surface area contributed by atoms with Gasteiger partial charge in [-0.25, -0.2) is 4.98 Å². The van der Waals surface area contributed by atoms with E-state index in [1.54, 1.807) is 35.2 Å². The lowest BCUT2D eigenvalue weighted by Crippen LogP contribution is -2.11. The number of nitriles is 1. The van der Waals surface area contributed by atoms with Gasteiger partial charge in [0.1, 0.15) is 11.2 Å². The van der Waals surface area contributed by atoms with Crippen molar-refractivity contribution >= 4 is 56.7 Å². The Hall–Kier alpha value is -2.21. The first kappa shape index (κ1) is 19.5. The Morgan fingerprint density at radius 2 is 2.11 bits per heavy atom. The molecule has 0 radical (unpaired) electrons. The predicted octanol–water partition coefficient (Wildman–Crippen LogP) is 5.39. The van der Waals surface area contributed by atoms with Crippen LogP contribution >= 0.6 is 34.9 Å². The Labute approximate surface area is 170 Å². The smallest absolute Gasteiger partial charge is 0.225 e. The quantitative estimate of drug-likeness (QED) is 0.393. The normalized spacial score (nSPS) is 10.5. The molecule has 138 valence electrons. The highest BCUT2D eigenvalue weighted by atomic mass is 32.2. The first-order valence-corrected chi connectivity index (χ1v) is 10.9. The topological polar surface area (TPSA) is 75.0 Å². The number of rotatable bonds is 8. The third kappa shape index (κ3) is 5.63. The van der Waals surface area contributed by atoms with Crippen molar-refractivity contribution in [1.29, 1.82) is 5.26 Å². The van der Waals surface area contributed by atoms with E-state index >= 15 is 0 Å². The summed E-state index contributed by atoms with van der Waals surface area (Å²) in [5.41, 5.74) is 1.68. The maximum Gasteiger partial charge on any atom is 0.225 e. The van der Waals surface area contributed by atoms with E-state index in [0.717, 1.165) is 42.7 Å². The number of thiazole rings is 1. The molecule has 3 aromatic rings. The third-order valence-electron chi connectivity index (χ3n) is 3.51. The van der Waals surface area contributed by atoms with Crippen molar-refractivity contribution in [3.63, 3.8) is 0 Å². The van der Waals surface area contributed by atoms with Crippen molar-refractivity contribution in [1.82, 2.24) is 4.98 Å². The molecular formula is C19H17N3O2S3. The number of thiocyanates is 1. The number of aromatic nitrogens is 1. The lowest BCUT2D eigenvalue weighted by Gasteiger charge is -2.05. The molecule has 0 saturated heterocycles. The van der Waals surface area contributed by atoms with Gasteiger partial charge in [-0.15, -0.1) is 11.3 Å². The number of hydrogen-bond donors (Lipinski definition) is 1. The Morgan fingerprint density at radius 3 is 2.85 bits per heavy atom. The number of hydrogen-bond acceptors (Lipinski definition) is 7. The fraction of sp³-hybridized carbons (Fsp3) is 0.211. The SMILES string of the molecule is CCOc1ccc2nc(SCCC(=O)Nc3ccc(SC#N)cc3)sc2c1. The van der Waals surface area contributed by atoms with Gasteiger partial charge >= 0.3 is 0 Å². The Morgan fingerprint density at radius 1 is 1.30 bits per heavy atom. The van der Waals surface area contributed by atoms with Crippen LogP contribution in [0.5, 0.6) is 5.75 Å². The number of nitrogens with one attached hydrogen (secondary N) is 1. The molecule has 2 aromatic carbocycles. The molecule has 8 heteroatoms. The van der Waals surface area contributed by atoms with E-state index in [1.807, 2.05) is 42.7 Å². The number of nitrogens with zero attached hydrogens (tertiary/aromatic N) is 2. The van der Waals surface area contributed by atoms with Crippen LogP contribution in [0.4, 0.5) is 5.69 Å². The van der Waals surface area contributed by atoms with Gasteiger partial charge in [0.15, 0.2) is 4.34 Å². The molecule has 3 rings (SSSR count). The number of ether oxygens (including phenoxy) is 1. The molecule has 0 atom stereocenters. The summed E-state index contributed by atoms with van der Waals surface area (Å²) in [6, 6.07) is 13.1. The van der Waals surface area contributed by atoms with Crippen molar-refractivity contribution in [2.24, 2.45) is 0 Å². The van der Waals surface area contributed by atoms with Gasteiger partial charge in [-0.1, -0.05) is 11.8 Å². The van der Waals surface area contributed by atoms with Gasteiger partial charge in [-0.3, -0.25) is 4.79 Å². The minimum absolute atomic E-state index is 0.0390. The first-order chi connectivity index (χ1) is 13.2. The molecule has 0 aliphatic carbocycles. The van der Waals surface area contributed by atoms with E-state index in [2.05, 4.69) is 10.3 Å². The van der Waals surface area contributed by atoms with Crippen molar-refractivity contribution in [2.75, 3.05) is 17.7 Å². The largest absolute Gasteiger partial charge is 0.494 e. The number of fused-ring (bicyclic) bond motifs is 1. The van der Waals surface area contributed by atoms with E-state index < -0.39 is 0 Å². The van der Waals surface area contributed by atoms with E-state index in [9.17, 15) is 4.79 Å². The third-order valence-corrected chi connectivity index (χ3v) is 6.27. The molecule has 5 nitrogen and oxygen atoms in total. The van der Waals surface area contributed by atoms with E-state index in [0.29, 0.717) is 18.8 Å². The van der Waals surface area contributed by atoms with Gasteiger partial charge in [0, 0.05) is 22.8 Å². The average Bonchev–Trinajstić information content (AvgIpc) is 3.06. The standard InChI is InChI=1S/C19H17N3O2S3/c1-2-24-14-5-8-16-17(11-14)27-19(22-16)25-10-9-18(23)21-13-3-6-15(7-4-13)26-12-20/h3-8,11H,2,9-10H2,1H3,(H,21,23). The summed E-state index contributed by atoms with van der Waals surface area (Å²) < 4.78 is 7.55. The monoisotopic (exact) mass is 415 g/mol. The summed E-state index contributed by atoms with van der Waals surface area (Å²) in [7, 11) is 0. The molecule has 27 heavy (non-hydrogen) atoms. The predicted molar refractivity (Wildman–Crippen MR) is 113 cm³/mol. The first-order valence-electron chi connectivity index (χ1n) is 8.30. The summed E-state index contributed by atoms with van der Waals surface area (Å²) in [5.74, 6) is 1.47. The minimum Gasteiger partial charge on any atom is -0.494 e. The zero-order chi connectivity index (χ0) is 19.1. The number of amides is 1. The molecule has 0 aliphatic rings. The molecular weight excluding hydrogens is 398 g/mol. The van der Waals surface area contributed by atoms with Crippen LogP contribution < -0.4 is 10.1 Å². The van der Waals surface area contributed by atoms with Crippen LogP contribution in [0.25, 0.3) is 10.2 Å². The second-order valence-corrected chi connectivity index (χ2v) is 8.64. The maximum atomic E-state index is 12.1. The van der Waals surface area contributed by atoms with E-state index in [1.165, 1.54) is 0 Å². The summed E-state index contributed by atoms with van der Waals surface area (Å²) >= 11 is 4.29. The Bertz CT molecular complexity index is 964. The number of anilines is 1. The molecule has 0 fully saturated rings. The van der Waals surface area contributed by atoms with Crippen molar-refractivity contribution in [2.45, 2.75) is 22.6 Å². The van der Waals surface area contributed by atoms with E-state index in [-0.39, 0.29) is 5.91 Å². The molecule has 1 amide bonds. The highest BCUT2D eigenvalue weighted by molar-refractivity contribution is 8.03. The summed E-state index contributed by atoms with van der Waals surface area (Å²) in [4.78, 5) is 17.5. The molecule has 0 saturated carbocycles. The minimum atomic E-state index is -0.0390. The summed E-state index contributed by atoms with van der Waals surface area (Å²) in [6.45, 7) is 2.60. The molecule has 1 N–H and O–H groups in total. The van der Waals surface area contributed by atoms with Crippen LogP contribution in [0.1, 0.15) is 13.3 Å². The van der Waals surface area contributed by atoms with Gasteiger partial charge in [0.05, 0.1) is 16.8 Å². The summed E-state index contributed by atoms with van der Waals surface area (Å²) in [5, 5.41) is 13.5. The second-order valence-electron chi connectivity index (χ2n) is 5.41.